The summed E-state index contributed by atoms with van der Waals surface area (Å²) in [4.78, 5) is 28.2. The Kier molecular flexibility index (Phi) is 5.36. The number of rotatable bonds is 4. The Morgan fingerprint density at radius 1 is 0.935 bits per heavy atom. The first-order valence-electron chi connectivity index (χ1n) is 8.95. The molecule has 1 aliphatic rings. The number of halogens is 3. The lowest BCUT2D eigenvalue weighted by atomic mass is 10.2. The molecule has 0 radical (unpaired) electrons. The number of carbonyl (C=O) groups is 2. The van der Waals surface area contributed by atoms with Crippen LogP contribution < -0.4 is 4.74 Å². The summed E-state index contributed by atoms with van der Waals surface area (Å²) in [7, 11) is 0. The van der Waals surface area contributed by atoms with Gasteiger partial charge in [-0.25, -0.2) is 27.8 Å². The second kappa shape index (κ2) is 8.27. The zero-order valence-corrected chi connectivity index (χ0v) is 15.6. The molecule has 0 bridgehead atoms. The maximum atomic E-state index is 13.7. The van der Waals surface area contributed by atoms with Crippen LogP contribution in [0.15, 0.2) is 77.4 Å². The minimum absolute atomic E-state index is 0.00238. The van der Waals surface area contributed by atoms with Crippen molar-refractivity contribution in [2.24, 2.45) is 4.99 Å². The Bertz CT molecular complexity index is 1230. The van der Waals surface area contributed by atoms with Gasteiger partial charge in [-0.05, 0) is 54.1 Å². The number of hydrogen-bond acceptors (Lipinski definition) is 5. The lowest BCUT2D eigenvalue weighted by Gasteiger charge is -2.06. The molecule has 1 aliphatic heterocycles. The molecule has 0 spiro atoms. The molecule has 0 fully saturated rings. The summed E-state index contributed by atoms with van der Waals surface area (Å²) in [5.74, 6) is -4.40. The number of aliphatic imine (C=N–C) groups is 1. The molecule has 31 heavy (non-hydrogen) atoms. The number of esters is 2. The standard InChI is InChI=1S/C23H12F3NO4/c24-15-4-1-3-14(12-15)21-27-19(22(28)31-21)11-13-7-9-16(10-8-13)30-23(29)20-17(25)5-2-6-18(20)26/h1-12H/b19-11+. The zero-order valence-electron chi connectivity index (χ0n) is 15.6. The van der Waals surface area contributed by atoms with E-state index in [1.807, 2.05) is 0 Å². The van der Waals surface area contributed by atoms with Crippen molar-refractivity contribution >= 4 is 23.9 Å². The van der Waals surface area contributed by atoms with Crippen molar-refractivity contribution in [1.29, 1.82) is 0 Å². The first-order valence-corrected chi connectivity index (χ1v) is 8.95. The minimum atomic E-state index is -1.18. The van der Waals surface area contributed by atoms with Gasteiger partial charge in [0.1, 0.15) is 28.8 Å². The number of nitrogens with zero attached hydrogens (tertiary/aromatic N) is 1. The molecule has 8 heteroatoms. The molecule has 0 unspecified atom stereocenters. The van der Waals surface area contributed by atoms with E-state index in [1.165, 1.54) is 48.5 Å². The molecule has 0 aromatic heterocycles. The third kappa shape index (κ3) is 4.37. The van der Waals surface area contributed by atoms with Crippen LogP contribution in [-0.4, -0.2) is 17.8 Å². The van der Waals surface area contributed by atoms with Gasteiger partial charge in [0.2, 0.25) is 5.90 Å². The van der Waals surface area contributed by atoms with E-state index in [-0.39, 0.29) is 17.3 Å². The molecule has 5 nitrogen and oxygen atoms in total. The van der Waals surface area contributed by atoms with E-state index in [0.717, 1.165) is 18.2 Å². The largest absolute Gasteiger partial charge is 0.423 e. The smallest absolute Gasteiger partial charge is 0.363 e. The Morgan fingerprint density at radius 3 is 2.29 bits per heavy atom. The van der Waals surface area contributed by atoms with Crippen molar-refractivity contribution in [3.63, 3.8) is 0 Å². The summed E-state index contributed by atoms with van der Waals surface area (Å²) in [6.07, 6.45) is 1.43. The summed E-state index contributed by atoms with van der Waals surface area (Å²) in [6, 6.07) is 14.3. The second-order valence-corrected chi connectivity index (χ2v) is 6.40. The molecular weight excluding hydrogens is 411 g/mol. The first kappa shape index (κ1) is 20.1. The normalized spacial score (nSPS) is 14.4. The summed E-state index contributed by atoms with van der Waals surface area (Å²) >= 11 is 0. The van der Waals surface area contributed by atoms with E-state index in [0.29, 0.717) is 11.1 Å². The predicted molar refractivity (Wildman–Crippen MR) is 105 cm³/mol. The van der Waals surface area contributed by atoms with Crippen LogP contribution in [0.5, 0.6) is 5.75 Å². The number of hydrogen-bond donors (Lipinski definition) is 0. The maximum Gasteiger partial charge on any atom is 0.363 e. The number of carbonyl (C=O) groups excluding carboxylic acids is 2. The van der Waals surface area contributed by atoms with Gasteiger partial charge in [0.05, 0.1) is 0 Å². The van der Waals surface area contributed by atoms with Crippen LogP contribution in [0.3, 0.4) is 0 Å². The number of ether oxygens (including phenoxy) is 2. The van der Waals surface area contributed by atoms with Crippen LogP contribution in [0.4, 0.5) is 13.2 Å². The molecule has 0 saturated carbocycles. The van der Waals surface area contributed by atoms with Crippen molar-refractivity contribution in [2.45, 2.75) is 0 Å². The highest BCUT2D eigenvalue weighted by molar-refractivity contribution is 6.12. The van der Waals surface area contributed by atoms with Gasteiger partial charge in [-0.3, -0.25) is 0 Å². The first-order chi connectivity index (χ1) is 14.9. The van der Waals surface area contributed by atoms with E-state index >= 15 is 0 Å². The fourth-order valence-electron chi connectivity index (χ4n) is 2.79. The molecule has 1 heterocycles. The highest BCUT2D eigenvalue weighted by Gasteiger charge is 2.24. The highest BCUT2D eigenvalue weighted by Crippen LogP contribution is 2.22. The van der Waals surface area contributed by atoms with E-state index in [9.17, 15) is 22.8 Å². The quantitative estimate of drug-likeness (QED) is 0.348. The Balaban J connectivity index is 1.51. The highest BCUT2D eigenvalue weighted by atomic mass is 19.1. The monoisotopic (exact) mass is 423 g/mol. The number of cyclic esters (lactones) is 1. The summed E-state index contributed by atoms with van der Waals surface area (Å²) in [5, 5.41) is 0. The molecule has 3 aromatic rings. The molecule has 0 saturated heterocycles. The van der Waals surface area contributed by atoms with Gasteiger partial charge in [-0.1, -0.05) is 24.3 Å². The minimum Gasteiger partial charge on any atom is -0.423 e. The SMILES string of the molecule is O=C1OC(c2cccc(F)c2)=N/C1=C/c1ccc(OC(=O)c2c(F)cccc2F)cc1. The van der Waals surface area contributed by atoms with Crippen LogP contribution in [0.25, 0.3) is 6.08 Å². The average Bonchev–Trinajstić information content (AvgIpc) is 3.10. The lowest BCUT2D eigenvalue weighted by Crippen LogP contribution is -2.13. The van der Waals surface area contributed by atoms with Crippen molar-refractivity contribution in [1.82, 2.24) is 0 Å². The van der Waals surface area contributed by atoms with E-state index < -0.39 is 35.0 Å². The molecule has 0 aliphatic carbocycles. The molecule has 154 valence electrons. The number of benzene rings is 3. The van der Waals surface area contributed by atoms with Gasteiger partial charge in [-0.2, -0.15) is 0 Å². The summed E-state index contributed by atoms with van der Waals surface area (Å²) in [5.41, 5.74) is 0.0477. The average molecular weight is 423 g/mol. The lowest BCUT2D eigenvalue weighted by molar-refractivity contribution is -0.129. The fourth-order valence-corrected chi connectivity index (χ4v) is 2.79. The third-order valence-electron chi connectivity index (χ3n) is 4.25. The molecule has 0 atom stereocenters. The Hall–Kier alpha value is -4.20. The van der Waals surface area contributed by atoms with Gasteiger partial charge in [0, 0.05) is 5.56 Å². The van der Waals surface area contributed by atoms with E-state index in [2.05, 4.69) is 4.99 Å². The third-order valence-corrected chi connectivity index (χ3v) is 4.25. The predicted octanol–water partition coefficient (Wildman–Crippen LogP) is 4.67. The zero-order chi connectivity index (χ0) is 22.0. The van der Waals surface area contributed by atoms with Gasteiger partial charge in [-0.15, -0.1) is 0 Å². The topological polar surface area (TPSA) is 65.0 Å². The molecule has 0 N–H and O–H groups in total. The van der Waals surface area contributed by atoms with Crippen LogP contribution in [0.1, 0.15) is 21.5 Å². The van der Waals surface area contributed by atoms with Gasteiger partial charge < -0.3 is 9.47 Å². The maximum absolute atomic E-state index is 13.7. The molecule has 3 aromatic carbocycles. The van der Waals surface area contributed by atoms with Gasteiger partial charge >= 0.3 is 11.9 Å². The molecule has 0 amide bonds. The van der Waals surface area contributed by atoms with Crippen LogP contribution in [0.2, 0.25) is 0 Å². The second-order valence-electron chi connectivity index (χ2n) is 6.40. The Morgan fingerprint density at radius 2 is 1.61 bits per heavy atom. The van der Waals surface area contributed by atoms with Crippen LogP contribution >= 0.6 is 0 Å². The molecular formula is C23H12F3NO4. The van der Waals surface area contributed by atoms with Crippen molar-refractivity contribution < 1.29 is 32.2 Å². The van der Waals surface area contributed by atoms with E-state index in [1.54, 1.807) is 6.07 Å². The van der Waals surface area contributed by atoms with Gasteiger partial charge in [0.15, 0.2) is 5.70 Å². The van der Waals surface area contributed by atoms with Crippen LogP contribution in [0, 0.1) is 17.5 Å². The van der Waals surface area contributed by atoms with Crippen molar-refractivity contribution in [2.75, 3.05) is 0 Å². The molecule has 4 rings (SSSR count). The van der Waals surface area contributed by atoms with Crippen LogP contribution in [-0.2, 0) is 9.53 Å². The van der Waals surface area contributed by atoms with Crippen molar-refractivity contribution in [3.05, 3.63) is 107 Å². The summed E-state index contributed by atoms with van der Waals surface area (Å²) in [6.45, 7) is 0. The van der Waals surface area contributed by atoms with Crippen molar-refractivity contribution in [3.8, 4) is 5.75 Å². The Labute approximate surface area is 174 Å². The van der Waals surface area contributed by atoms with Gasteiger partial charge in [0.25, 0.3) is 0 Å². The van der Waals surface area contributed by atoms with E-state index in [4.69, 9.17) is 9.47 Å². The fraction of sp³-hybridized carbons (Fsp3) is 0. The summed E-state index contributed by atoms with van der Waals surface area (Å²) < 4.78 is 50.8.